The van der Waals surface area contributed by atoms with Crippen molar-refractivity contribution >= 4 is 27.6 Å². The van der Waals surface area contributed by atoms with Crippen LogP contribution in [0.2, 0.25) is 0 Å². The predicted molar refractivity (Wildman–Crippen MR) is 73.5 cm³/mol. The van der Waals surface area contributed by atoms with Gasteiger partial charge in [0.25, 0.3) is 0 Å². The molecule has 1 aromatic carbocycles. The van der Waals surface area contributed by atoms with Crippen LogP contribution in [0.3, 0.4) is 0 Å². The summed E-state index contributed by atoms with van der Waals surface area (Å²) >= 11 is 3.44. The smallest absolute Gasteiger partial charge is 0.329 e. The number of benzene rings is 1. The molecule has 0 saturated heterocycles. The lowest BCUT2D eigenvalue weighted by Gasteiger charge is -2.27. The maximum atomic E-state index is 11.3. The van der Waals surface area contributed by atoms with Crippen LogP contribution in [0.1, 0.15) is 32.3 Å². The van der Waals surface area contributed by atoms with Gasteiger partial charge < -0.3 is 10.4 Å². The van der Waals surface area contributed by atoms with Crippen LogP contribution in [0.15, 0.2) is 22.7 Å². The van der Waals surface area contributed by atoms with Gasteiger partial charge in [0.15, 0.2) is 0 Å². The number of carboxylic acid groups (broad SMARTS) is 1. The molecule has 0 saturated carbocycles. The van der Waals surface area contributed by atoms with Crippen LogP contribution in [-0.2, 0) is 4.79 Å². The van der Waals surface area contributed by atoms with Crippen LogP contribution >= 0.6 is 15.9 Å². The maximum Gasteiger partial charge on any atom is 0.329 e. The molecule has 0 radical (unpaired) electrons. The molecule has 1 unspecified atom stereocenters. The molecule has 0 aliphatic carbocycles. The number of hydrogen-bond acceptors (Lipinski definition) is 2. The minimum absolute atomic E-state index is 0.591. The summed E-state index contributed by atoms with van der Waals surface area (Å²) in [5, 5.41) is 12.4. The summed E-state index contributed by atoms with van der Waals surface area (Å²) in [6, 6.07) is 5.77. The average molecular weight is 300 g/mol. The first-order valence-electron chi connectivity index (χ1n) is 5.67. The van der Waals surface area contributed by atoms with Gasteiger partial charge in [0.1, 0.15) is 5.54 Å². The Kier molecular flexibility index (Phi) is 4.57. The zero-order chi connectivity index (χ0) is 13.1. The van der Waals surface area contributed by atoms with E-state index in [0.717, 1.165) is 22.1 Å². The van der Waals surface area contributed by atoms with Gasteiger partial charge in [0.2, 0.25) is 0 Å². The van der Waals surface area contributed by atoms with E-state index >= 15 is 0 Å². The van der Waals surface area contributed by atoms with Gasteiger partial charge >= 0.3 is 5.97 Å². The number of anilines is 1. The van der Waals surface area contributed by atoms with Gasteiger partial charge in [-0.15, -0.1) is 0 Å². The monoisotopic (exact) mass is 299 g/mol. The molecule has 0 aliphatic heterocycles. The van der Waals surface area contributed by atoms with E-state index in [2.05, 4.69) is 21.2 Å². The number of carbonyl (C=O) groups is 1. The Hall–Kier alpha value is -1.03. The van der Waals surface area contributed by atoms with E-state index in [9.17, 15) is 9.90 Å². The van der Waals surface area contributed by atoms with Crippen molar-refractivity contribution in [2.45, 2.75) is 39.2 Å². The van der Waals surface area contributed by atoms with E-state index in [1.807, 2.05) is 32.0 Å². The second-order valence-electron chi connectivity index (χ2n) is 4.48. The first-order valence-corrected chi connectivity index (χ1v) is 6.46. The van der Waals surface area contributed by atoms with Gasteiger partial charge in [-0.1, -0.05) is 35.3 Å². The SMILES string of the molecule is CCCC(C)(Nc1ccc(C)c(Br)c1)C(=O)O. The summed E-state index contributed by atoms with van der Waals surface area (Å²) in [5.41, 5.74) is 1.03. The fourth-order valence-corrected chi connectivity index (χ4v) is 2.09. The quantitative estimate of drug-likeness (QED) is 0.869. The normalized spacial score (nSPS) is 14.1. The van der Waals surface area contributed by atoms with Gasteiger partial charge in [-0.3, -0.25) is 0 Å². The zero-order valence-corrected chi connectivity index (χ0v) is 12.0. The van der Waals surface area contributed by atoms with E-state index < -0.39 is 11.5 Å². The lowest BCUT2D eigenvalue weighted by molar-refractivity contribution is -0.141. The summed E-state index contributed by atoms with van der Waals surface area (Å²) < 4.78 is 0.978. The van der Waals surface area contributed by atoms with Crippen LogP contribution in [-0.4, -0.2) is 16.6 Å². The highest BCUT2D eigenvalue weighted by molar-refractivity contribution is 9.10. The number of aliphatic carboxylic acids is 1. The van der Waals surface area contributed by atoms with Gasteiger partial charge in [-0.25, -0.2) is 4.79 Å². The number of aryl methyl sites for hydroxylation is 1. The summed E-state index contributed by atoms with van der Waals surface area (Å²) in [6.07, 6.45) is 1.41. The predicted octanol–water partition coefficient (Wildman–Crippen LogP) is 3.81. The van der Waals surface area contributed by atoms with Gasteiger partial charge in [-0.2, -0.15) is 0 Å². The van der Waals surface area contributed by atoms with Crippen molar-refractivity contribution in [2.75, 3.05) is 5.32 Å². The minimum Gasteiger partial charge on any atom is -0.480 e. The highest BCUT2D eigenvalue weighted by Gasteiger charge is 2.31. The Morgan fingerprint density at radius 3 is 2.65 bits per heavy atom. The van der Waals surface area contributed by atoms with Gasteiger partial charge in [-0.05, 0) is 38.0 Å². The van der Waals surface area contributed by atoms with Crippen LogP contribution in [0.25, 0.3) is 0 Å². The topological polar surface area (TPSA) is 49.3 Å². The molecule has 1 atom stereocenters. The highest BCUT2D eigenvalue weighted by atomic mass is 79.9. The van der Waals surface area contributed by atoms with Crippen molar-refractivity contribution < 1.29 is 9.90 Å². The lowest BCUT2D eigenvalue weighted by Crippen LogP contribution is -2.43. The Balaban J connectivity index is 2.94. The first-order chi connectivity index (χ1) is 7.89. The molecule has 4 heteroatoms. The Morgan fingerprint density at radius 1 is 1.53 bits per heavy atom. The molecule has 0 aromatic heterocycles. The van der Waals surface area contributed by atoms with Gasteiger partial charge in [0, 0.05) is 10.2 Å². The molecular formula is C13H18BrNO2. The molecule has 0 fully saturated rings. The summed E-state index contributed by atoms with van der Waals surface area (Å²) in [7, 11) is 0. The molecule has 2 N–H and O–H groups in total. The van der Waals surface area contributed by atoms with Crippen LogP contribution in [0.5, 0.6) is 0 Å². The Morgan fingerprint density at radius 2 is 2.18 bits per heavy atom. The third kappa shape index (κ3) is 3.46. The van der Waals surface area contributed by atoms with E-state index in [-0.39, 0.29) is 0 Å². The van der Waals surface area contributed by atoms with Crippen molar-refractivity contribution in [2.24, 2.45) is 0 Å². The second-order valence-corrected chi connectivity index (χ2v) is 5.33. The fourth-order valence-electron chi connectivity index (χ4n) is 1.71. The molecule has 0 heterocycles. The van der Waals surface area contributed by atoms with E-state index in [1.165, 1.54) is 0 Å². The van der Waals surface area contributed by atoms with Crippen molar-refractivity contribution in [3.63, 3.8) is 0 Å². The van der Waals surface area contributed by atoms with Crippen LogP contribution < -0.4 is 5.32 Å². The summed E-state index contributed by atoms with van der Waals surface area (Å²) in [4.78, 5) is 11.3. The molecule has 17 heavy (non-hydrogen) atoms. The van der Waals surface area contributed by atoms with Crippen LogP contribution in [0.4, 0.5) is 5.69 Å². The Bertz CT molecular complexity index is 420. The van der Waals surface area contributed by atoms with Crippen LogP contribution in [0, 0.1) is 6.92 Å². The molecule has 1 aromatic rings. The molecule has 0 spiro atoms. The largest absolute Gasteiger partial charge is 0.480 e. The highest BCUT2D eigenvalue weighted by Crippen LogP contribution is 2.25. The van der Waals surface area contributed by atoms with E-state index in [4.69, 9.17) is 0 Å². The fraction of sp³-hybridized carbons (Fsp3) is 0.462. The second kappa shape index (κ2) is 5.54. The standard InChI is InChI=1S/C13H18BrNO2/c1-4-7-13(3,12(16)17)15-10-6-5-9(2)11(14)8-10/h5-6,8,15H,4,7H2,1-3H3,(H,16,17). The van der Waals surface area contributed by atoms with E-state index in [1.54, 1.807) is 6.92 Å². The summed E-state index contributed by atoms with van der Waals surface area (Å²) in [5.74, 6) is -0.823. The zero-order valence-electron chi connectivity index (χ0n) is 10.4. The first kappa shape index (κ1) is 14.0. The van der Waals surface area contributed by atoms with Crippen molar-refractivity contribution in [3.05, 3.63) is 28.2 Å². The molecule has 1 rings (SSSR count). The van der Waals surface area contributed by atoms with Crippen molar-refractivity contribution in [3.8, 4) is 0 Å². The minimum atomic E-state index is -0.913. The molecule has 0 aliphatic rings. The third-order valence-electron chi connectivity index (χ3n) is 2.81. The Labute approximate surface area is 110 Å². The van der Waals surface area contributed by atoms with Crippen molar-refractivity contribution in [1.82, 2.24) is 0 Å². The molecule has 3 nitrogen and oxygen atoms in total. The average Bonchev–Trinajstić information content (AvgIpc) is 2.23. The van der Waals surface area contributed by atoms with E-state index in [0.29, 0.717) is 6.42 Å². The van der Waals surface area contributed by atoms with Crippen molar-refractivity contribution in [1.29, 1.82) is 0 Å². The molecule has 0 bridgehead atoms. The van der Waals surface area contributed by atoms with Gasteiger partial charge in [0.05, 0.1) is 0 Å². The molecular weight excluding hydrogens is 282 g/mol. The number of halogens is 1. The number of nitrogens with one attached hydrogen (secondary N) is 1. The summed E-state index contributed by atoms with van der Waals surface area (Å²) in [6.45, 7) is 5.69. The molecule has 0 amide bonds. The number of hydrogen-bond donors (Lipinski definition) is 2. The maximum absolute atomic E-state index is 11.3. The lowest BCUT2D eigenvalue weighted by atomic mass is 9.96. The number of carboxylic acids is 1. The molecule has 94 valence electrons. The number of rotatable bonds is 5. The third-order valence-corrected chi connectivity index (χ3v) is 3.67.